The van der Waals surface area contributed by atoms with Crippen molar-refractivity contribution in [3.63, 3.8) is 0 Å². The van der Waals surface area contributed by atoms with Crippen molar-refractivity contribution in [2.75, 3.05) is 0 Å². The Hall–Kier alpha value is -0.790. The molecule has 1 rings (SSSR count). The van der Waals surface area contributed by atoms with Crippen molar-refractivity contribution >= 4 is 5.97 Å². The summed E-state index contributed by atoms with van der Waals surface area (Å²) >= 11 is 0. The van der Waals surface area contributed by atoms with Crippen LogP contribution in [-0.4, -0.2) is 11.1 Å². The SMILES string of the molecule is CCCCCCCC/C(=C\C1CC1)C(=O)O. The molecular weight excluding hydrogens is 200 g/mol. The van der Waals surface area contributed by atoms with E-state index in [-0.39, 0.29) is 0 Å². The van der Waals surface area contributed by atoms with Gasteiger partial charge in [-0.3, -0.25) is 0 Å². The number of hydrogen-bond donors (Lipinski definition) is 1. The number of carboxylic acid groups (broad SMARTS) is 1. The first kappa shape index (κ1) is 13.3. The number of carboxylic acids is 1. The van der Waals surface area contributed by atoms with Gasteiger partial charge in [0.25, 0.3) is 0 Å². The van der Waals surface area contributed by atoms with E-state index in [0.717, 1.165) is 12.8 Å². The van der Waals surface area contributed by atoms with Crippen LogP contribution < -0.4 is 0 Å². The average Bonchev–Trinajstić information content (AvgIpc) is 3.05. The van der Waals surface area contributed by atoms with Gasteiger partial charge in [0.15, 0.2) is 0 Å². The highest BCUT2D eigenvalue weighted by atomic mass is 16.4. The summed E-state index contributed by atoms with van der Waals surface area (Å²) in [5, 5.41) is 9.02. The molecule has 0 amide bonds. The minimum absolute atomic E-state index is 0.575. The van der Waals surface area contributed by atoms with Crippen molar-refractivity contribution in [1.82, 2.24) is 0 Å². The van der Waals surface area contributed by atoms with Crippen molar-refractivity contribution in [1.29, 1.82) is 0 Å². The first-order valence-corrected chi connectivity index (χ1v) is 6.68. The molecule has 1 aliphatic carbocycles. The second-order valence-electron chi connectivity index (χ2n) is 4.85. The molecule has 2 heteroatoms. The Kier molecular flexibility index (Phi) is 6.20. The van der Waals surface area contributed by atoms with Crippen LogP contribution in [0.2, 0.25) is 0 Å². The van der Waals surface area contributed by atoms with Crippen molar-refractivity contribution in [2.24, 2.45) is 5.92 Å². The number of aliphatic carboxylic acids is 1. The summed E-state index contributed by atoms with van der Waals surface area (Å²) in [4.78, 5) is 11.0. The predicted octanol–water partition coefficient (Wildman–Crippen LogP) is 4.16. The Labute approximate surface area is 98.7 Å². The van der Waals surface area contributed by atoms with Gasteiger partial charge >= 0.3 is 5.97 Å². The zero-order valence-electron chi connectivity index (χ0n) is 10.4. The summed E-state index contributed by atoms with van der Waals surface area (Å²) in [6.45, 7) is 2.21. The van der Waals surface area contributed by atoms with Crippen LogP contribution in [0.3, 0.4) is 0 Å². The summed E-state index contributed by atoms with van der Waals surface area (Å²) in [6.07, 6.45) is 12.5. The van der Waals surface area contributed by atoms with Crippen LogP contribution in [0, 0.1) is 5.92 Å². The zero-order chi connectivity index (χ0) is 11.8. The fourth-order valence-electron chi connectivity index (χ4n) is 1.90. The Morgan fingerprint density at radius 3 is 2.38 bits per heavy atom. The average molecular weight is 224 g/mol. The van der Waals surface area contributed by atoms with E-state index in [9.17, 15) is 4.79 Å². The second kappa shape index (κ2) is 7.48. The van der Waals surface area contributed by atoms with Crippen LogP contribution >= 0.6 is 0 Å². The number of rotatable bonds is 9. The van der Waals surface area contributed by atoms with Crippen LogP contribution in [0.4, 0.5) is 0 Å². The minimum atomic E-state index is -0.708. The molecule has 0 bridgehead atoms. The number of unbranched alkanes of at least 4 members (excludes halogenated alkanes) is 5. The standard InChI is InChI=1S/C14H24O2/c1-2-3-4-5-6-7-8-13(14(15)16)11-12-9-10-12/h11-12H,2-10H2,1H3,(H,15,16)/b13-11+. The molecule has 0 saturated heterocycles. The monoisotopic (exact) mass is 224 g/mol. The Morgan fingerprint density at radius 1 is 1.19 bits per heavy atom. The normalized spacial score (nSPS) is 16.4. The molecular formula is C14H24O2. The molecule has 1 aliphatic rings. The molecule has 92 valence electrons. The van der Waals surface area contributed by atoms with E-state index in [1.54, 1.807) is 0 Å². The third kappa shape index (κ3) is 5.94. The smallest absolute Gasteiger partial charge is 0.331 e. The quantitative estimate of drug-likeness (QED) is 0.471. The zero-order valence-corrected chi connectivity index (χ0v) is 10.4. The lowest BCUT2D eigenvalue weighted by atomic mass is 10.0. The van der Waals surface area contributed by atoms with E-state index in [0.29, 0.717) is 11.5 Å². The van der Waals surface area contributed by atoms with Crippen LogP contribution in [0.1, 0.15) is 64.7 Å². The predicted molar refractivity (Wildman–Crippen MR) is 66.4 cm³/mol. The fourth-order valence-corrected chi connectivity index (χ4v) is 1.90. The molecule has 0 aliphatic heterocycles. The van der Waals surface area contributed by atoms with Gasteiger partial charge < -0.3 is 5.11 Å². The molecule has 0 radical (unpaired) electrons. The molecule has 0 aromatic carbocycles. The molecule has 16 heavy (non-hydrogen) atoms. The molecule has 0 aromatic heterocycles. The maximum Gasteiger partial charge on any atom is 0.331 e. The maximum absolute atomic E-state index is 11.0. The first-order valence-electron chi connectivity index (χ1n) is 6.68. The summed E-state index contributed by atoms with van der Waals surface area (Å²) in [5.74, 6) is -0.133. The van der Waals surface area contributed by atoms with Gasteiger partial charge in [0.05, 0.1) is 0 Å². The third-order valence-corrected chi connectivity index (χ3v) is 3.13. The first-order chi connectivity index (χ1) is 7.74. The lowest BCUT2D eigenvalue weighted by Crippen LogP contribution is -2.01. The van der Waals surface area contributed by atoms with Crippen molar-refractivity contribution in [3.05, 3.63) is 11.6 Å². The molecule has 1 N–H and O–H groups in total. The Morgan fingerprint density at radius 2 is 1.81 bits per heavy atom. The van der Waals surface area contributed by atoms with E-state index in [2.05, 4.69) is 6.92 Å². The topological polar surface area (TPSA) is 37.3 Å². The van der Waals surface area contributed by atoms with Crippen LogP contribution in [0.5, 0.6) is 0 Å². The van der Waals surface area contributed by atoms with E-state index in [1.807, 2.05) is 6.08 Å². The summed E-state index contributed by atoms with van der Waals surface area (Å²) in [5.41, 5.74) is 0.651. The van der Waals surface area contributed by atoms with Gasteiger partial charge in [-0.15, -0.1) is 0 Å². The number of allylic oxidation sites excluding steroid dienone is 1. The number of hydrogen-bond acceptors (Lipinski definition) is 1. The largest absolute Gasteiger partial charge is 0.478 e. The lowest BCUT2D eigenvalue weighted by Gasteiger charge is -2.02. The summed E-state index contributed by atoms with van der Waals surface area (Å²) in [7, 11) is 0. The van der Waals surface area contributed by atoms with Gasteiger partial charge in [0.2, 0.25) is 0 Å². The lowest BCUT2D eigenvalue weighted by molar-refractivity contribution is -0.132. The molecule has 1 fully saturated rings. The maximum atomic E-state index is 11.0. The molecule has 0 aromatic rings. The molecule has 0 atom stereocenters. The van der Waals surface area contributed by atoms with Gasteiger partial charge in [-0.25, -0.2) is 4.79 Å². The van der Waals surface area contributed by atoms with Crippen LogP contribution in [0.15, 0.2) is 11.6 Å². The van der Waals surface area contributed by atoms with Crippen molar-refractivity contribution in [2.45, 2.75) is 64.7 Å². The Bertz CT molecular complexity index is 239. The van der Waals surface area contributed by atoms with Gasteiger partial charge in [-0.2, -0.15) is 0 Å². The van der Waals surface area contributed by atoms with Gasteiger partial charge in [-0.1, -0.05) is 45.1 Å². The van der Waals surface area contributed by atoms with E-state index >= 15 is 0 Å². The molecule has 2 nitrogen and oxygen atoms in total. The third-order valence-electron chi connectivity index (χ3n) is 3.13. The molecule has 0 spiro atoms. The molecule has 1 saturated carbocycles. The van der Waals surface area contributed by atoms with Gasteiger partial charge in [-0.05, 0) is 31.6 Å². The van der Waals surface area contributed by atoms with Gasteiger partial charge in [0.1, 0.15) is 0 Å². The van der Waals surface area contributed by atoms with Gasteiger partial charge in [0, 0.05) is 5.57 Å². The fraction of sp³-hybridized carbons (Fsp3) is 0.786. The second-order valence-corrected chi connectivity index (χ2v) is 4.85. The highest BCUT2D eigenvalue weighted by molar-refractivity contribution is 5.86. The summed E-state index contributed by atoms with van der Waals surface area (Å²) < 4.78 is 0. The molecule has 0 heterocycles. The van der Waals surface area contributed by atoms with E-state index < -0.39 is 5.97 Å². The van der Waals surface area contributed by atoms with Crippen LogP contribution in [0.25, 0.3) is 0 Å². The van der Waals surface area contributed by atoms with Crippen LogP contribution in [-0.2, 0) is 4.79 Å². The molecule has 0 unspecified atom stereocenters. The van der Waals surface area contributed by atoms with Crippen molar-refractivity contribution < 1.29 is 9.90 Å². The highest BCUT2D eigenvalue weighted by Gasteiger charge is 2.20. The van der Waals surface area contributed by atoms with E-state index in [4.69, 9.17) is 5.11 Å². The highest BCUT2D eigenvalue weighted by Crippen LogP contribution is 2.32. The minimum Gasteiger partial charge on any atom is -0.478 e. The van der Waals surface area contributed by atoms with Crippen molar-refractivity contribution in [3.8, 4) is 0 Å². The summed E-state index contributed by atoms with van der Waals surface area (Å²) in [6, 6.07) is 0. The Balaban J connectivity index is 2.10. The number of carbonyl (C=O) groups is 1. The van der Waals surface area contributed by atoms with E-state index in [1.165, 1.54) is 44.9 Å².